The van der Waals surface area contributed by atoms with Crippen molar-refractivity contribution in [2.45, 2.75) is 38.1 Å². The van der Waals surface area contributed by atoms with E-state index in [1.807, 2.05) is 49.0 Å². The molecule has 10 heteroatoms. The number of aryl methyl sites for hydroxylation is 2. The molecule has 1 saturated heterocycles. The highest BCUT2D eigenvalue weighted by molar-refractivity contribution is 7.99. The Morgan fingerprint density at radius 1 is 1.02 bits per heavy atom. The second-order valence-corrected chi connectivity index (χ2v) is 11.3. The first-order chi connectivity index (χ1) is 20.1. The zero-order valence-corrected chi connectivity index (χ0v) is 24.1. The van der Waals surface area contributed by atoms with Crippen molar-refractivity contribution in [1.29, 1.82) is 0 Å². The van der Waals surface area contributed by atoms with Crippen molar-refractivity contribution >= 4 is 28.9 Å². The highest BCUT2D eigenvalue weighted by Crippen LogP contribution is 2.32. The van der Waals surface area contributed by atoms with Gasteiger partial charge in [-0.1, -0.05) is 24.6 Å². The Hall–Kier alpha value is -3.99. The summed E-state index contributed by atoms with van der Waals surface area (Å²) >= 11 is 1.73. The molecule has 7 rings (SSSR count). The third-order valence-electron chi connectivity index (χ3n) is 7.73. The van der Waals surface area contributed by atoms with E-state index in [1.54, 1.807) is 29.0 Å². The fraction of sp³-hybridized carbons (Fsp3) is 0.290. The van der Waals surface area contributed by atoms with Crippen LogP contribution in [0.2, 0.25) is 0 Å². The summed E-state index contributed by atoms with van der Waals surface area (Å²) < 4.78 is 6.19. The minimum Gasteiger partial charge on any atom is -0.383 e. The maximum atomic E-state index is 6.22. The number of imidazole rings is 1. The van der Waals surface area contributed by atoms with Gasteiger partial charge in [-0.3, -0.25) is 4.57 Å². The molecule has 1 aromatic carbocycles. The van der Waals surface area contributed by atoms with E-state index < -0.39 is 0 Å². The highest BCUT2D eigenvalue weighted by atomic mass is 32.2. The standard InChI is InChI=1S/C23H19N7.C8H16N2S/c24-21-18(6-2-11-25-21)22-27-19-9-10-20(29-13-3-12-26-29)28-23(19)30(22)17-8-7-15-4-1-5-16(15)14-17;1-3-11-10-6-4-8(9-2)5-7-10/h2-3,6-14H,1,4-5H2,(H2,24,25);3,8-9H,1,4-7H2,2H3. The van der Waals surface area contributed by atoms with Crippen molar-refractivity contribution in [3.05, 3.63) is 90.2 Å². The number of benzene rings is 1. The maximum Gasteiger partial charge on any atom is 0.167 e. The smallest absolute Gasteiger partial charge is 0.167 e. The number of hydrogen-bond donors (Lipinski definition) is 2. The number of piperidine rings is 1. The van der Waals surface area contributed by atoms with Crippen LogP contribution in [0.4, 0.5) is 5.82 Å². The molecule has 9 nitrogen and oxygen atoms in total. The fourth-order valence-corrected chi connectivity index (χ4v) is 6.20. The monoisotopic (exact) mass is 565 g/mol. The molecule has 0 spiro atoms. The summed E-state index contributed by atoms with van der Waals surface area (Å²) in [6.07, 6.45) is 11.3. The summed E-state index contributed by atoms with van der Waals surface area (Å²) in [5.41, 5.74) is 12.4. The summed E-state index contributed by atoms with van der Waals surface area (Å²) in [6, 6.07) is 16.9. The van der Waals surface area contributed by atoms with Crippen LogP contribution >= 0.6 is 11.9 Å². The average molecular weight is 566 g/mol. The van der Waals surface area contributed by atoms with Gasteiger partial charge in [0.05, 0.1) is 5.56 Å². The third kappa shape index (κ3) is 5.76. The molecule has 5 heterocycles. The van der Waals surface area contributed by atoms with Crippen LogP contribution in [0.5, 0.6) is 0 Å². The molecule has 1 aliphatic heterocycles. The molecule has 41 heavy (non-hydrogen) atoms. The molecule has 0 radical (unpaired) electrons. The summed E-state index contributed by atoms with van der Waals surface area (Å²) in [5.74, 6) is 1.92. The average Bonchev–Trinajstić information content (AvgIpc) is 3.78. The number of pyridine rings is 2. The van der Waals surface area contributed by atoms with Crippen LogP contribution in [0.25, 0.3) is 34.1 Å². The van der Waals surface area contributed by atoms with E-state index in [-0.39, 0.29) is 0 Å². The molecule has 210 valence electrons. The molecule has 0 unspecified atom stereocenters. The molecule has 4 aromatic heterocycles. The van der Waals surface area contributed by atoms with Crippen LogP contribution in [0.3, 0.4) is 0 Å². The number of nitrogen functional groups attached to an aromatic ring is 1. The number of nitrogens with zero attached hydrogens (tertiary/aromatic N) is 7. The van der Waals surface area contributed by atoms with Crippen molar-refractivity contribution in [3.8, 4) is 22.9 Å². The van der Waals surface area contributed by atoms with Gasteiger partial charge in [0, 0.05) is 43.4 Å². The number of rotatable bonds is 6. The first-order valence-electron chi connectivity index (χ1n) is 14.1. The normalized spacial score (nSPS) is 15.4. The summed E-state index contributed by atoms with van der Waals surface area (Å²) in [6.45, 7) is 6.07. The Labute approximate surface area is 244 Å². The van der Waals surface area contributed by atoms with Gasteiger partial charge in [0.1, 0.15) is 11.3 Å². The molecule has 1 aliphatic carbocycles. The molecule has 0 saturated carbocycles. The predicted molar refractivity (Wildman–Crippen MR) is 167 cm³/mol. The van der Waals surface area contributed by atoms with Crippen LogP contribution in [0.15, 0.2) is 79.1 Å². The Bertz CT molecular complexity index is 1640. The van der Waals surface area contributed by atoms with Gasteiger partial charge in [0.2, 0.25) is 0 Å². The number of fused-ring (bicyclic) bond motifs is 2. The van der Waals surface area contributed by atoms with Crippen molar-refractivity contribution in [3.63, 3.8) is 0 Å². The van der Waals surface area contributed by atoms with Crippen molar-refractivity contribution in [2.75, 3.05) is 25.9 Å². The van der Waals surface area contributed by atoms with E-state index in [1.165, 1.54) is 43.5 Å². The second-order valence-electron chi connectivity index (χ2n) is 10.2. The lowest BCUT2D eigenvalue weighted by Gasteiger charge is -2.29. The maximum absolute atomic E-state index is 6.22. The molecule has 2 aliphatic rings. The van der Waals surface area contributed by atoms with Crippen molar-refractivity contribution in [1.82, 2.24) is 38.9 Å². The van der Waals surface area contributed by atoms with Gasteiger partial charge < -0.3 is 11.1 Å². The van der Waals surface area contributed by atoms with Gasteiger partial charge in [0.15, 0.2) is 17.3 Å². The third-order valence-corrected chi connectivity index (χ3v) is 8.55. The Kier molecular flexibility index (Phi) is 8.13. The van der Waals surface area contributed by atoms with Crippen LogP contribution < -0.4 is 11.1 Å². The first-order valence-corrected chi connectivity index (χ1v) is 14.9. The van der Waals surface area contributed by atoms with E-state index in [9.17, 15) is 0 Å². The molecular formula is C31H35N9S. The van der Waals surface area contributed by atoms with Crippen molar-refractivity contribution in [2.24, 2.45) is 0 Å². The predicted octanol–water partition coefficient (Wildman–Crippen LogP) is 5.20. The minimum absolute atomic E-state index is 0.447. The van der Waals surface area contributed by atoms with Gasteiger partial charge in [-0.2, -0.15) is 5.10 Å². The fourth-order valence-electron chi connectivity index (χ4n) is 5.56. The topological polar surface area (TPSA) is 103 Å². The largest absolute Gasteiger partial charge is 0.383 e. The van der Waals surface area contributed by atoms with Crippen LogP contribution in [-0.2, 0) is 12.8 Å². The van der Waals surface area contributed by atoms with E-state index in [2.05, 4.69) is 49.0 Å². The van der Waals surface area contributed by atoms with E-state index in [0.717, 1.165) is 52.9 Å². The molecule has 0 bridgehead atoms. The zero-order chi connectivity index (χ0) is 28.2. The van der Waals surface area contributed by atoms with E-state index in [0.29, 0.717) is 5.82 Å². The van der Waals surface area contributed by atoms with Gasteiger partial charge in [-0.05, 0) is 98.2 Å². The number of hydrogen-bond acceptors (Lipinski definition) is 8. The summed E-state index contributed by atoms with van der Waals surface area (Å²) in [4.78, 5) is 14.1. The number of aromatic nitrogens is 6. The van der Waals surface area contributed by atoms with Gasteiger partial charge in [-0.25, -0.2) is 23.9 Å². The lowest BCUT2D eigenvalue weighted by Crippen LogP contribution is -2.37. The SMILES string of the molecule is C=CSN1CCC(NC)CC1.Nc1ncccc1-c1nc2ccc(-n3cccn3)nc2n1-c1ccc2c(c1)CCC2. The summed E-state index contributed by atoms with van der Waals surface area (Å²) in [5, 5.41) is 9.52. The Morgan fingerprint density at radius 2 is 1.88 bits per heavy atom. The van der Waals surface area contributed by atoms with Crippen molar-refractivity contribution < 1.29 is 0 Å². The van der Waals surface area contributed by atoms with Crippen LogP contribution in [0, 0.1) is 0 Å². The lowest BCUT2D eigenvalue weighted by atomic mass is 10.1. The lowest BCUT2D eigenvalue weighted by molar-refractivity contribution is 0.320. The van der Waals surface area contributed by atoms with Gasteiger partial charge >= 0.3 is 0 Å². The molecular weight excluding hydrogens is 530 g/mol. The van der Waals surface area contributed by atoms with Crippen LogP contribution in [0.1, 0.15) is 30.4 Å². The number of nitrogens with two attached hydrogens (primary N) is 1. The molecule has 0 amide bonds. The highest BCUT2D eigenvalue weighted by Gasteiger charge is 2.20. The minimum atomic E-state index is 0.447. The van der Waals surface area contributed by atoms with Crippen LogP contribution in [-0.4, -0.2) is 59.8 Å². The molecule has 3 N–H and O–H groups in total. The van der Waals surface area contributed by atoms with Gasteiger partial charge in [0.25, 0.3) is 0 Å². The Morgan fingerprint density at radius 3 is 2.63 bits per heavy atom. The molecule has 5 aromatic rings. The zero-order valence-electron chi connectivity index (χ0n) is 23.3. The first kappa shape index (κ1) is 27.2. The summed E-state index contributed by atoms with van der Waals surface area (Å²) in [7, 11) is 2.04. The second kappa shape index (κ2) is 12.3. The number of nitrogens with one attached hydrogen (secondary N) is 1. The Balaban J connectivity index is 0.000000233. The van der Waals surface area contributed by atoms with Gasteiger partial charge in [-0.15, -0.1) is 0 Å². The number of anilines is 1. The molecule has 1 fully saturated rings. The quantitative estimate of drug-likeness (QED) is 0.271. The van der Waals surface area contributed by atoms with E-state index in [4.69, 9.17) is 15.7 Å². The van der Waals surface area contributed by atoms with E-state index >= 15 is 0 Å². The molecule has 0 atom stereocenters.